The Morgan fingerprint density at radius 2 is 2.00 bits per heavy atom. The molecule has 0 spiro atoms. The van der Waals surface area contributed by atoms with Gasteiger partial charge in [0, 0.05) is 11.6 Å². The summed E-state index contributed by atoms with van der Waals surface area (Å²) >= 11 is 5.65. The van der Waals surface area contributed by atoms with Gasteiger partial charge >= 0.3 is 0 Å². The van der Waals surface area contributed by atoms with Crippen LogP contribution in [-0.4, -0.2) is 53.3 Å². The fraction of sp³-hybridized carbons (Fsp3) is 0.636. The van der Waals surface area contributed by atoms with Gasteiger partial charge in [-0.05, 0) is 63.6 Å². The molecule has 31 heavy (non-hydrogen) atoms. The summed E-state index contributed by atoms with van der Waals surface area (Å²) in [6.07, 6.45) is 5.13. The first kappa shape index (κ1) is 22.3. The van der Waals surface area contributed by atoms with Gasteiger partial charge in [0.15, 0.2) is 6.61 Å². The Morgan fingerprint density at radius 1 is 1.23 bits per heavy atom. The van der Waals surface area contributed by atoms with Gasteiger partial charge in [-0.25, -0.2) is 4.39 Å². The largest absolute Gasteiger partial charge is 0.484 e. The number of piperidine rings is 1. The van der Waals surface area contributed by atoms with Crippen molar-refractivity contribution in [2.24, 2.45) is 0 Å². The Kier molecular flexibility index (Phi) is 6.42. The van der Waals surface area contributed by atoms with Crippen LogP contribution in [0.3, 0.4) is 0 Å². The minimum atomic E-state index is -0.728. The van der Waals surface area contributed by atoms with Gasteiger partial charge in [-0.3, -0.25) is 9.59 Å². The third-order valence-electron chi connectivity index (χ3n) is 6.99. The van der Waals surface area contributed by atoms with Crippen LogP contribution in [0.1, 0.15) is 51.4 Å². The number of halogens is 2. The number of hydrogen-bond donors (Lipinski definition) is 4. The van der Waals surface area contributed by atoms with E-state index in [1.54, 1.807) is 0 Å². The van der Waals surface area contributed by atoms with Crippen LogP contribution in [0.5, 0.6) is 5.75 Å². The normalized spacial score (nSPS) is 32.4. The van der Waals surface area contributed by atoms with Gasteiger partial charge in [-0.1, -0.05) is 18.0 Å². The number of carbonyl (C=O) groups excluding carboxylic acids is 2. The molecule has 1 aliphatic heterocycles. The van der Waals surface area contributed by atoms with Crippen LogP contribution in [0.2, 0.25) is 5.02 Å². The summed E-state index contributed by atoms with van der Waals surface area (Å²) in [4.78, 5) is 25.2. The maximum absolute atomic E-state index is 13.5. The number of benzene rings is 1. The first-order valence-corrected chi connectivity index (χ1v) is 11.3. The molecule has 3 saturated carbocycles. The highest BCUT2D eigenvalue weighted by molar-refractivity contribution is 6.30. The Morgan fingerprint density at radius 3 is 2.65 bits per heavy atom. The molecule has 4 fully saturated rings. The molecule has 2 atom stereocenters. The SMILES string of the molecule is O=C(COc1ccc(Cl)c(F)c1)NC12CCC(NC(=O)C3CCCCN3)(CC1)[C@@H](O)C2. The van der Waals surface area contributed by atoms with E-state index in [1.165, 1.54) is 12.1 Å². The Hall–Kier alpha value is -1.90. The zero-order valence-corrected chi connectivity index (χ0v) is 18.1. The van der Waals surface area contributed by atoms with Crippen molar-refractivity contribution in [3.8, 4) is 5.75 Å². The number of aliphatic hydroxyl groups is 1. The summed E-state index contributed by atoms with van der Waals surface area (Å²) in [6.45, 7) is 0.585. The first-order valence-electron chi connectivity index (χ1n) is 10.9. The zero-order valence-electron chi connectivity index (χ0n) is 17.4. The smallest absolute Gasteiger partial charge is 0.258 e. The van der Waals surface area contributed by atoms with Crippen LogP contribution in [0.25, 0.3) is 0 Å². The van der Waals surface area contributed by atoms with Crippen molar-refractivity contribution in [2.45, 2.75) is 74.6 Å². The monoisotopic (exact) mass is 453 g/mol. The van der Waals surface area contributed by atoms with Crippen molar-refractivity contribution >= 4 is 23.4 Å². The lowest BCUT2D eigenvalue weighted by Gasteiger charge is -2.56. The quantitative estimate of drug-likeness (QED) is 0.528. The van der Waals surface area contributed by atoms with Crippen molar-refractivity contribution in [3.63, 3.8) is 0 Å². The second-order valence-electron chi connectivity index (χ2n) is 9.06. The maximum atomic E-state index is 13.5. The summed E-state index contributed by atoms with van der Waals surface area (Å²) < 4.78 is 18.9. The van der Waals surface area contributed by atoms with Crippen molar-refractivity contribution in [2.75, 3.05) is 13.2 Å². The van der Waals surface area contributed by atoms with Crippen LogP contribution >= 0.6 is 11.6 Å². The second kappa shape index (κ2) is 8.92. The number of amides is 2. The standard InChI is InChI=1S/C22H29ClFN3O4/c23-15-5-4-14(11-16(15)24)31-13-19(29)26-21-6-8-22(9-7-21,18(28)12-21)27-20(30)17-3-1-2-10-25-17/h4-5,11,17-18,25,28H,1-3,6-10,12-13H2,(H,26,29)(H,27,30)/t17?,18-,21?,22?/m0/s1. The molecule has 170 valence electrons. The topological polar surface area (TPSA) is 99.7 Å². The molecule has 9 heteroatoms. The van der Waals surface area contributed by atoms with Crippen molar-refractivity contribution in [1.29, 1.82) is 0 Å². The first-order chi connectivity index (χ1) is 14.8. The molecule has 5 rings (SSSR count). The molecule has 2 amide bonds. The highest BCUT2D eigenvalue weighted by Gasteiger charge is 2.55. The number of hydrogen-bond acceptors (Lipinski definition) is 5. The van der Waals surface area contributed by atoms with E-state index in [-0.39, 0.29) is 35.2 Å². The van der Waals surface area contributed by atoms with Crippen molar-refractivity contribution < 1.29 is 23.8 Å². The fourth-order valence-corrected chi connectivity index (χ4v) is 5.23. The van der Waals surface area contributed by atoms with E-state index < -0.39 is 23.0 Å². The molecule has 1 saturated heterocycles. The minimum absolute atomic E-state index is 0.0102. The Balaban J connectivity index is 1.31. The van der Waals surface area contributed by atoms with Gasteiger partial charge in [-0.2, -0.15) is 0 Å². The van der Waals surface area contributed by atoms with E-state index in [1.807, 2.05) is 0 Å². The average molecular weight is 454 g/mol. The molecule has 7 nitrogen and oxygen atoms in total. The number of rotatable bonds is 6. The molecule has 3 aliphatic carbocycles. The molecule has 0 aromatic heterocycles. The number of aliphatic hydroxyl groups excluding tert-OH is 1. The molecule has 0 radical (unpaired) electrons. The summed E-state index contributed by atoms with van der Waals surface area (Å²) in [7, 11) is 0. The fourth-order valence-electron chi connectivity index (χ4n) is 5.12. The van der Waals surface area contributed by atoms with Crippen LogP contribution in [0.15, 0.2) is 18.2 Å². The average Bonchev–Trinajstić information content (AvgIpc) is 2.76. The summed E-state index contributed by atoms with van der Waals surface area (Å²) in [6, 6.07) is 3.81. The van der Waals surface area contributed by atoms with Gasteiger partial charge in [0.1, 0.15) is 11.6 Å². The number of ether oxygens (including phenoxy) is 1. The lowest BCUT2D eigenvalue weighted by Crippen LogP contribution is -2.71. The van der Waals surface area contributed by atoms with E-state index in [4.69, 9.17) is 16.3 Å². The molecular formula is C22H29ClFN3O4. The zero-order chi connectivity index (χ0) is 22.1. The number of fused-ring (bicyclic) bond motifs is 3. The molecule has 1 aromatic rings. The Labute approximate surface area is 186 Å². The predicted molar refractivity (Wildman–Crippen MR) is 113 cm³/mol. The van der Waals surface area contributed by atoms with Crippen molar-refractivity contribution in [3.05, 3.63) is 29.0 Å². The molecule has 1 heterocycles. The number of carbonyl (C=O) groups is 2. The highest BCUT2D eigenvalue weighted by atomic mass is 35.5. The van der Waals surface area contributed by atoms with Crippen LogP contribution in [0.4, 0.5) is 4.39 Å². The molecule has 1 aromatic carbocycles. The molecule has 4 N–H and O–H groups in total. The molecule has 4 aliphatic rings. The lowest BCUT2D eigenvalue weighted by molar-refractivity contribution is -0.137. The minimum Gasteiger partial charge on any atom is -0.484 e. The lowest BCUT2D eigenvalue weighted by atomic mass is 9.59. The molecular weight excluding hydrogens is 425 g/mol. The third-order valence-corrected chi connectivity index (χ3v) is 7.29. The summed E-state index contributed by atoms with van der Waals surface area (Å²) in [5.41, 5.74) is -1.14. The van der Waals surface area contributed by atoms with E-state index in [0.717, 1.165) is 31.9 Å². The van der Waals surface area contributed by atoms with Crippen molar-refractivity contribution in [1.82, 2.24) is 16.0 Å². The number of nitrogens with one attached hydrogen (secondary N) is 3. The highest BCUT2D eigenvalue weighted by Crippen LogP contribution is 2.47. The van der Waals surface area contributed by atoms with E-state index in [2.05, 4.69) is 16.0 Å². The van der Waals surface area contributed by atoms with Crippen LogP contribution in [0, 0.1) is 5.82 Å². The molecule has 2 bridgehead atoms. The van der Waals surface area contributed by atoms with E-state index >= 15 is 0 Å². The molecule has 1 unspecified atom stereocenters. The summed E-state index contributed by atoms with van der Waals surface area (Å²) in [5.74, 6) is -0.754. The van der Waals surface area contributed by atoms with Gasteiger partial charge in [-0.15, -0.1) is 0 Å². The van der Waals surface area contributed by atoms with Gasteiger partial charge in [0.2, 0.25) is 5.91 Å². The third kappa shape index (κ3) is 4.81. The van der Waals surface area contributed by atoms with Crippen LogP contribution in [-0.2, 0) is 9.59 Å². The van der Waals surface area contributed by atoms with Crippen LogP contribution < -0.4 is 20.7 Å². The van der Waals surface area contributed by atoms with Gasteiger partial charge in [0.05, 0.1) is 22.7 Å². The Bertz CT molecular complexity index is 838. The predicted octanol–water partition coefficient (Wildman–Crippen LogP) is 2.05. The van der Waals surface area contributed by atoms with E-state index in [0.29, 0.717) is 32.1 Å². The van der Waals surface area contributed by atoms with Gasteiger partial charge < -0.3 is 25.8 Å². The van der Waals surface area contributed by atoms with Gasteiger partial charge in [0.25, 0.3) is 5.91 Å². The summed E-state index contributed by atoms with van der Waals surface area (Å²) in [5, 5.41) is 20.3. The van der Waals surface area contributed by atoms with E-state index in [9.17, 15) is 19.1 Å². The maximum Gasteiger partial charge on any atom is 0.258 e. The second-order valence-corrected chi connectivity index (χ2v) is 9.47.